The molecule has 0 bridgehead atoms. The molecule has 1 aromatic rings. The van der Waals surface area contributed by atoms with Crippen molar-refractivity contribution in [2.75, 3.05) is 18.4 Å². The minimum Gasteiger partial charge on any atom is -0.375 e. The van der Waals surface area contributed by atoms with Crippen LogP contribution < -0.4 is 10.6 Å². The van der Waals surface area contributed by atoms with E-state index in [0.29, 0.717) is 23.7 Å². The van der Waals surface area contributed by atoms with Gasteiger partial charge in [0.25, 0.3) is 0 Å². The van der Waals surface area contributed by atoms with Crippen molar-refractivity contribution in [3.8, 4) is 6.07 Å². The number of carbonyl (C=O) groups is 1. The van der Waals surface area contributed by atoms with E-state index in [4.69, 9.17) is 5.26 Å². The minimum atomic E-state index is -0.0619. The Kier molecular flexibility index (Phi) is 5.19. The Labute approximate surface area is 108 Å². The summed E-state index contributed by atoms with van der Waals surface area (Å²) in [5.41, 5.74) is 2.29. The minimum absolute atomic E-state index is 0.0619. The van der Waals surface area contributed by atoms with Crippen molar-refractivity contribution in [1.29, 1.82) is 5.26 Å². The molecule has 0 aliphatic carbocycles. The van der Waals surface area contributed by atoms with Crippen LogP contribution in [0.15, 0.2) is 18.2 Å². The predicted octanol–water partition coefficient (Wildman–Crippen LogP) is 2.05. The number of amides is 1. The summed E-state index contributed by atoms with van der Waals surface area (Å²) in [6, 6.07) is 7.65. The van der Waals surface area contributed by atoms with Gasteiger partial charge in [0.1, 0.15) is 6.07 Å². The van der Waals surface area contributed by atoms with Gasteiger partial charge >= 0.3 is 0 Å². The molecule has 1 rings (SSSR count). The molecule has 18 heavy (non-hydrogen) atoms. The van der Waals surface area contributed by atoms with Gasteiger partial charge in [0, 0.05) is 6.54 Å². The van der Waals surface area contributed by atoms with Crippen LogP contribution >= 0.6 is 0 Å². The zero-order valence-corrected chi connectivity index (χ0v) is 11.1. The maximum atomic E-state index is 11.5. The van der Waals surface area contributed by atoms with Crippen molar-refractivity contribution in [3.63, 3.8) is 0 Å². The van der Waals surface area contributed by atoms with Gasteiger partial charge in [0.2, 0.25) is 5.91 Å². The molecule has 0 fully saturated rings. The molecule has 0 saturated heterocycles. The maximum absolute atomic E-state index is 11.5. The SMILES string of the molecule is Cc1ccc(NCC(=O)NCC(C)C)c(C#N)c1. The molecule has 2 N–H and O–H groups in total. The number of nitrogens with one attached hydrogen (secondary N) is 2. The summed E-state index contributed by atoms with van der Waals surface area (Å²) < 4.78 is 0. The molecule has 0 aromatic heterocycles. The molecule has 4 heteroatoms. The first-order valence-corrected chi connectivity index (χ1v) is 6.04. The lowest BCUT2D eigenvalue weighted by atomic mass is 10.1. The van der Waals surface area contributed by atoms with Gasteiger partial charge in [-0.1, -0.05) is 19.9 Å². The monoisotopic (exact) mass is 245 g/mol. The summed E-state index contributed by atoms with van der Waals surface area (Å²) >= 11 is 0. The lowest BCUT2D eigenvalue weighted by Gasteiger charge is -2.10. The second kappa shape index (κ2) is 6.65. The van der Waals surface area contributed by atoms with Crippen molar-refractivity contribution >= 4 is 11.6 Å². The Balaban J connectivity index is 2.54. The van der Waals surface area contributed by atoms with E-state index >= 15 is 0 Å². The van der Waals surface area contributed by atoms with E-state index in [1.54, 1.807) is 6.07 Å². The summed E-state index contributed by atoms with van der Waals surface area (Å²) in [5.74, 6) is 0.371. The molecular formula is C14H19N3O. The van der Waals surface area contributed by atoms with Crippen LogP contribution in [0.25, 0.3) is 0 Å². The summed E-state index contributed by atoms with van der Waals surface area (Å²) in [6.45, 7) is 6.87. The van der Waals surface area contributed by atoms with Gasteiger partial charge < -0.3 is 10.6 Å². The first-order chi connectivity index (χ1) is 8.52. The van der Waals surface area contributed by atoms with Crippen molar-refractivity contribution in [2.24, 2.45) is 5.92 Å². The molecule has 0 radical (unpaired) electrons. The zero-order chi connectivity index (χ0) is 13.5. The van der Waals surface area contributed by atoms with Gasteiger partial charge in [-0.15, -0.1) is 0 Å². The van der Waals surface area contributed by atoms with Crippen LogP contribution in [0.5, 0.6) is 0 Å². The number of nitriles is 1. The molecule has 96 valence electrons. The third-order valence-corrected chi connectivity index (χ3v) is 2.44. The number of benzene rings is 1. The highest BCUT2D eigenvalue weighted by atomic mass is 16.1. The van der Waals surface area contributed by atoms with Gasteiger partial charge in [-0.2, -0.15) is 5.26 Å². The zero-order valence-electron chi connectivity index (χ0n) is 11.1. The summed E-state index contributed by atoms with van der Waals surface area (Å²) in [5, 5.41) is 14.8. The fourth-order valence-corrected chi connectivity index (χ4v) is 1.46. The van der Waals surface area contributed by atoms with Crippen LogP contribution in [0.4, 0.5) is 5.69 Å². The van der Waals surface area contributed by atoms with E-state index in [1.807, 2.05) is 32.9 Å². The summed E-state index contributed by atoms with van der Waals surface area (Å²) in [4.78, 5) is 11.5. The van der Waals surface area contributed by atoms with Gasteiger partial charge in [0.15, 0.2) is 0 Å². The Morgan fingerprint density at radius 2 is 2.17 bits per heavy atom. The van der Waals surface area contributed by atoms with Gasteiger partial charge in [0.05, 0.1) is 17.8 Å². The van der Waals surface area contributed by atoms with Crippen LogP contribution in [0, 0.1) is 24.2 Å². The second-order valence-corrected chi connectivity index (χ2v) is 4.71. The lowest BCUT2D eigenvalue weighted by molar-refractivity contribution is -0.119. The van der Waals surface area contributed by atoms with Crippen LogP contribution in [0.3, 0.4) is 0 Å². The van der Waals surface area contributed by atoms with E-state index in [2.05, 4.69) is 16.7 Å². The largest absolute Gasteiger partial charge is 0.375 e. The van der Waals surface area contributed by atoms with Crippen molar-refractivity contribution in [2.45, 2.75) is 20.8 Å². The topological polar surface area (TPSA) is 64.9 Å². The summed E-state index contributed by atoms with van der Waals surface area (Å²) in [6.07, 6.45) is 0. The Bertz CT molecular complexity index is 461. The summed E-state index contributed by atoms with van der Waals surface area (Å²) in [7, 11) is 0. The predicted molar refractivity (Wildman–Crippen MR) is 72.2 cm³/mol. The molecule has 0 atom stereocenters. The molecule has 1 amide bonds. The third-order valence-electron chi connectivity index (χ3n) is 2.44. The van der Waals surface area contributed by atoms with Gasteiger partial charge in [-0.25, -0.2) is 0 Å². The first kappa shape index (κ1) is 14.0. The molecule has 0 heterocycles. The highest BCUT2D eigenvalue weighted by Gasteiger charge is 2.05. The number of anilines is 1. The first-order valence-electron chi connectivity index (χ1n) is 6.04. The normalized spacial score (nSPS) is 9.94. The van der Waals surface area contributed by atoms with Crippen molar-refractivity contribution < 1.29 is 4.79 Å². The highest BCUT2D eigenvalue weighted by Crippen LogP contribution is 2.15. The lowest BCUT2D eigenvalue weighted by Crippen LogP contribution is -2.32. The highest BCUT2D eigenvalue weighted by molar-refractivity contribution is 5.81. The molecule has 0 aliphatic heterocycles. The number of hydrogen-bond acceptors (Lipinski definition) is 3. The number of nitrogens with zero attached hydrogens (tertiary/aromatic N) is 1. The molecular weight excluding hydrogens is 226 g/mol. The Morgan fingerprint density at radius 3 is 2.78 bits per heavy atom. The molecule has 0 unspecified atom stereocenters. The third kappa shape index (κ3) is 4.46. The second-order valence-electron chi connectivity index (χ2n) is 4.71. The fraction of sp³-hybridized carbons (Fsp3) is 0.429. The molecule has 0 saturated carbocycles. The van der Waals surface area contributed by atoms with Crippen LogP contribution in [-0.4, -0.2) is 19.0 Å². The molecule has 0 aliphatic rings. The number of carbonyl (C=O) groups excluding carboxylic acids is 1. The quantitative estimate of drug-likeness (QED) is 0.834. The van der Waals surface area contributed by atoms with E-state index in [-0.39, 0.29) is 12.5 Å². The van der Waals surface area contributed by atoms with E-state index < -0.39 is 0 Å². The fourth-order valence-electron chi connectivity index (χ4n) is 1.46. The Hall–Kier alpha value is -2.02. The van der Waals surface area contributed by atoms with Crippen LogP contribution in [0.2, 0.25) is 0 Å². The number of hydrogen-bond donors (Lipinski definition) is 2. The van der Waals surface area contributed by atoms with E-state index in [1.165, 1.54) is 0 Å². The number of rotatable bonds is 5. The van der Waals surface area contributed by atoms with Crippen LogP contribution in [0.1, 0.15) is 25.0 Å². The van der Waals surface area contributed by atoms with E-state index in [0.717, 1.165) is 5.56 Å². The van der Waals surface area contributed by atoms with E-state index in [9.17, 15) is 4.79 Å². The van der Waals surface area contributed by atoms with Crippen LogP contribution in [-0.2, 0) is 4.79 Å². The average molecular weight is 245 g/mol. The molecule has 0 spiro atoms. The maximum Gasteiger partial charge on any atom is 0.239 e. The molecule has 1 aromatic carbocycles. The Morgan fingerprint density at radius 1 is 1.44 bits per heavy atom. The smallest absolute Gasteiger partial charge is 0.239 e. The van der Waals surface area contributed by atoms with Gasteiger partial charge in [-0.3, -0.25) is 4.79 Å². The standard InChI is InChI=1S/C14H19N3O/c1-10(2)8-17-14(18)9-16-13-5-4-11(3)6-12(13)7-15/h4-6,10,16H,8-9H2,1-3H3,(H,17,18). The number of aryl methyl sites for hydroxylation is 1. The molecule has 4 nitrogen and oxygen atoms in total. The van der Waals surface area contributed by atoms with Crippen molar-refractivity contribution in [3.05, 3.63) is 29.3 Å². The van der Waals surface area contributed by atoms with Crippen molar-refractivity contribution in [1.82, 2.24) is 5.32 Å². The average Bonchev–Trinajstić information content (AvgIpc) is 2.34. The van der Waals surface area contributed by atoms with Gasteiger partial charge in [-0.05, 0) is 30.5 Å².